The molecule has 1 fully saturated rings. The van der Waals surface area contributed by atoms with Crippen molar-refractivity contribution in [3.05, 3.63) is 33.7 Å². The normalized spacial score (nSPS) is 27.0. The van der Waals surface area contributed by atoms with Crippen molar-refractivity contribution in [2.75, 3.05) is 0 Å². The molecule has 1 aliphatic rings. The van der Waals surface area contributed by atoms with Gasteiger partial charge in [-0.3, -0.25) is 9.59 Å². The van der Waals surface area contributed by atoms with E-state index >= 15 is 0 Å². The van der Waals surface area contributed by atoms with Gasteiger partial charge in [0.15, 0.2) is 5.43 Å². The van der Waals surface area contributed by atoms with Crippen LogP contribution in [-0.2, 0) is 0 Å². The average Bonchev–Trinajstić information content (AvgIpc) is 2.34. The Kier molecular flexibility index (Phi) is 4.08. The molecule has 3 unspecified atom stereocenters. The Labute approximate surface area is 113 Å². The van der Waals surface area contributed by atoms with Crippen LogP contribution in [0.5, 0.6) is 0 Å². The molecule has 104 valence electrons. The number of aryl methyl sites for hydroxylation is 1. The molecular formula is C15H22N2O2. The molecule has 1 saturated carbocycles. The largest absolute Gasteiger partial charge is 0.364 e. The Bertz CT molecular complexity index is 521. The molecule has 1 heterocycles. The summed E-state index contributed by atoms with van der Waals surface area (Å²) in [6, 6.07) is 1.64. The Hall–Kier alpha value is -1.58. The second kappa shape index (κ2) is 5.59. The molecule has 0 bridgehead atoms. The predicted molar refractivity (Wildman–Crippen MR) is 75.2 cm³/mol. The summed E-state index contributed by atoms with van der Waals surface area (Å²) in [5.74, 6) is 0.824. The zero-order chi connectivity index (χ0) is 14.0. The third-order valence-corrected chi connectivity index (χ3v) is 4.33. The predicted octanol–water partition coefficient (Wildman–Crippen LogP) is 2.24. The quantitative estimate of drug-likeness (QED) is 0.858. The van der Waals surface area contributed by atoms with Crippen molar-refractivity contribution in [3.63, 3.8) is 0 Å². The second-order valence-electron chi connectivity index (χ2n) is 5.74. The number of rotatable bonds is 2. The van der Waals surface area contributed by atoms with Gasteiger partial charge in [-0.2, -0.15) is 0 Å². The van der Waals surface area contributed by atoms with Crippen LogP contribution in [0.4, 0.5) is 0 Å². The third kappa shape index (κ3) is 3.06. The molecule has 0 radical (unpaired) electrons. The van der Waals surface area contributed by atoms with Crippen LogP contribution in [0.25, 0.3) is 0 Å². The molecular weight excluding hydrogens is 240 g/mol. The van der Waals surface area contributed by atoms with Gasteiger partial charge >= 0.3 is 0 Å². The zero-order valence-corrected chi connectivity index (χ0v) is 11.8. The molecule has 2 rings (SSSR count). The van der Waals surface area contributed by atoms with Crippen LogP contribution in [0.3, 0.4) is 0 Å². The lowest BCUT2D eigenvalue weighted by Crippen LogP contribution is -2.44. The van der Waals surface area contributed by atoms with Crippen LogP contribution >= 0.6 is 0 Å². The number of hydrogen-bond acceptors (Lipinski definition) is 2. The first kappa shape index (κ1) is 13.8. The van der Waals surface area contributed by atoms with Crippen LogP contribution in [0.1, 0.15) is 49.2 Å². The molecule has 4 heteroatoms. The minimum Gasteiger partial charge on any atom is -0.364 e. The molecule has 1 aromatic rings. The molecule has 2 N–H and O–H groups in total. The topological polar surface area (TPSA) is 62.0 Å². The highest BCUT2D eigenvalue weighted by Gasteiger charge is 2.28. The molecule has 3 atom stereocenters. The van der Waals surface area contributed by atoms with Crippen molar-refractivity contribution in [2.24, 2.45) is 11.8 Å². The van der Waals surface area contributed by atoms with E-state index in [9.17, 15) is 9.59 Å². The monoisotopic (exact) mass is 262 g/mol. The summed E-state index contributed by atoms with van der Waals surface area (Å²) in [6.07, 6.45) is 4.87. The summed E-state index contributed by atoms with van der Waals surface area (Å²) >= 11 is 0. The van der Waals surface area contributed by atoms with Gasteiger partial charge in [-0.25, -0.2) is 0 Å². The average molecular weight is 262 g/mol. The first-order chi connectivity index (χ1) is 8.99. The van der Waals surface area contributed by atoms with Crippen molar-refractivity contribution < 1.29 is 4.79 Å². The molecule has 0 aromatic carbocycles. The number of aromatic nitrogens is 1. The van der Waals surface area contributed by atoms with E-state index in [1.54, 1.807) is 6.92 Å². The minimum absolute atomic E-state index is 0.178. The zero-order valence-electron chi connectivity index (χ0n) is 11.8. The highest BCUT2D eigenvalue weighted by Crippen LogP contribution is 2.29. The van der Waals surface area contributed by atoms with Gasteiger partial charge in [-0.1, -0.05) is 26.7 Å². The van der Waals surface area contributed by atoms with Crippen molar-refractivity contribution in [1.82, 2.24) is 10.3 Å². The van der Waals surface area contributed by atoms with Crippen LogP contribution in [0.15, 0.2) is 17.1 Å². The summed E-state index contributed by atoms with van der Waals surface area (Å²) in [6.45, 7) is 6.20. The van der Waals surface area contributed by atoms with Crippen molar-refractivity contribution in [3.8, 4) is 0 Å². The smallest absolute Gasteiger partial charge is 0.256 e. The number of amides is 1. The van der Waals surface area contributed by atoms with Gasteiger partial charge in [-0.15, -0.1) is 0 Å². The fraction of sp³-hybridized carbons (Fsp3) is 0.600. The number of carbonyl (C=O) groups is 1. The second-order valence-corrected chi connectivity index (χ2v) is 5.74. The number of aromatic amines is 1. The molecule has 0 saturated heterocycles. The van der Waals surface area contributed by atoms with Crippen molar-refractivity contribution >= 4 is 5.91 Å². The number of carbonyl (C=O) groups excluding carboxylic acids is 1. The Morgan fingerprint density at radius 3 is 2.79 bits per heavy atom. The van der Waals surface area contributed by atoms with Crippen LogP contribution < -0.4 is 10.7 Å². The maximum atomic E-state index is 12.2. The van der Waals surface area contributed by atoms with Crippen molar-refractivity contribution in [1.29, 1.82) is 0 Å². The van der Waals surface area contributed by atoms with Crippen LogP contribution in [0, 0.1) is 18.8 Å². The van der Waals surface area contributed by atoms with Crippen molar-refractivity contribution in [2.45, 2.75) is 46.1 Å². The van der Waals surface area contributed by atoms with Crippen LogP contribution in [-0.4, -0.2) is 16.9 Å². The lowest BCUT2D eigenvalue weighted by atomic mass is 9.78. The SMILES string of the molecule is Cc1cc(=O)c(C(=O)NC2CCCC(C)C2C)c[nH]1. The Balaban J connectivity index is 2.10. The summed E-state index contributed by atoms with van der Waals surface area (Å²) < 4.78 is 0. The first-order valence-electron chi connectivity index (χ1n) is 6.99. The van der Waals surface area contributed by atoms with E-state index in [1.807, 2.05) is 0 Å². The van der Waals surface area contributed by atoms with Gasteiger partial charge in [0, 0.05) is 24.0 Å². The molecule has 1 aromatic heterocycles. The van der Waals surface area contributed by atoms with Crippen LogP contribution in [0.2, 0.25) is 0 Å². The van der Waals surface area contributed by atoms with E-state index in [4.69, 9.17) is 0 Å². The van der Waals surface area contributed by atoms with E-state index < -0.39 is 0 Å². The van der Waals surface area contributed by atoms with E-state index in [0.29, 0.717) is 11.8 Å². The summed E-state index contributed by atoms with van der Waals surface area (Å²) in [5.41, 5.74) is 0.752. The van der Waals surface area contributed by atoms with Gasteiger partial charge in [-0.05, 0) is 25.2 Å². The Morgan fingerprint density at radius 2 is 2.11 bits per heavy atom. The lowest BCUT2D eigenvalue weighted by Gasteiger charge is -2.34. The number of H-pyrrole nitrogens is 1. The highest BCUT2D eigenvalue weighted by atomic mass is 16.2. The van der Waals surface area contributed by atoms with E-state index in [0.717, 1.165) is 18.5 Å². The van der Waals surface area contributed by atoms with E-state index in [1.165, 1.54) is 18.7 Å². The number of pyridine rings is 1. The fourth-order valence-electron chi connectivity index (χ4n) is 2.78. The standard InChI is InChI=1S/C15H22N2O2/c1-9-5-4-6-13(11(9)3)17-15(19)12-8-16-10(2)7-14(12)18/h7-9,11,13H,4-6H2,1-3H3,(H,16,18)(H,17,19). The van der Waals surface area contributed by atoms with Gasteiger partial charge in [0.25, 0.3) is 5.91 Å². The first-order valence-corrected chi connectivity index (χ1v) is 6.99. The maximum Gasteiger partial charge on any atom is 0.256 e. The van der Waals surface area contributed by atoms with Gasteiger partial charge in [0.2, 0.25) is 0 Å². The lowest BCUT2D eigenvalue weighted by molar-refractivity contribution is 0.0889. The molecule has 1 aliphatic carbocycles. The molecule has 19 heavy (non-hydrogen) atoms. The van der Waals surface area contributed by atoms with Gasteiger partial charge < -0.3 is 10.3 Å². The van der Waals surface area contributed by atoms with E-state index in [-0.39, 0.29) is 22.9 Å². The summed E-state index contributed by atoms with van der Waals surface area (Å²) in [5, 5.41) is 3.02. The number of nitrogens with one attached hydrogen (secondary N) is 2. The fourth-order valence-corrected chi connectivity index (χ4v) is 2.78. The van der Waals surface area contributed by atoms with E-state index in [2.05, 4.69) is 24.1 Å². The number of hydrogen-bond donors (Lipinski definition) is 2. The summed E-state index contributed by atoms with van der Waals surface area (Å²) in [4.78, 5) is 26.9. The molecule has 1 amide bonds. The summed E-state index contributed by atoms with van der Waals surface area (Å²) in [7, 11) is 0. The maximum absolute atomic E-state index is 12.2. The minimum atomic E-state index is -0.257. The van der Waals surface area contributed by atoms with Gasteiger partial charge in [0.05, 0.1) is 0 Å². The third-order valence-electron chi connectivity index (χ3n) is 4.33. The highest BCUT2D eigenvalue weighted by molar-refractivity contribution is 5.94. The van der Waals surface area contributed by atoms with Gasteiger partial charge in [0.1, 0.15) is 5.56 Å². The Morgan fingerprint density at radius 1 is 1.37 bits per heavy atom. The molecule has 4 nitrogen and oxygen atoms in total. The molecule has 0 aliphatic heterocycles. The molecule has 0 spiro atoms.